The van der Waals surface area contributed by atoms with Crippen LogP contribution in [-0.4, -0.2) is 23.3 Å². The molecular formula is C11H14O4. The Kier molecular flexibility index (Phi) is 3.19. The molecular weight excluding hydrogens is 196 g/mol. The lowest BCUT2D eigenvalue weighted by atomic mass is 9.82. The Morgan fingerprint density at radius 1 is 1.67 bits per heavy atom. The Morgan fingerprint density at radius 3 is 2.87 bits per heavy atom. The standard InChI is InChI=1S/C11H14O4/c1-11(6-4-10(13)14)5-3-8(12)9(7-11)15-2/h3-6,12H,7H2,1-2H3,(H,13,14)/b6-4+. The van der Waals surface area contributed by atoms with E-state index in [9.17, 15) is 9.90 Å². The summed E-state index contributed by atoms with van der Waals surface area (Å²) in [5.41, 5.74) is -0.421. The first-order chi connectivity index (χ1) is 6.97. The van der Waals surface area contributed by atoms with Gasteiger partial charge in [0.25, 0.3) is 0 Å². The van der Waals surface area contributed by atoms with Crippen LogP contribution in [0.1, 0.15) is 13.3 Å². The average molecular weight is 210 g/mol. The maximum Gasteiger partial charge on any atom is 0.328 e. The highest BCUT2D eigenvalue weighted by atomic mass is 16.5. The number of hydrogen-bond donors (Lipinski definition) is 2. The Balaban J connectivity index is 2.85. The van der Waals surface area contributed by atoms with E-state index >= 15 is 0 Å². The zero-order valence-electron chi connectivity index (χ0n) is 8.73. The van der Waals surface area contributed by atoms with E-state index in [0.29, 0.717) is 12.2 Å². The number of allylic oxidation sites excluding steroid dienone is 4. The second-order valence-corrected chi connectivity index (χ2v) is 3.70. The molecule has 1 rings (SSSR count). The molecule has 0 saturated heterocycles. The summed E-state index contributed by atoms with van der Waals surface area (Å²) in [7, 11) is 1.48. The smallest absolute Gasteiger partial charge is 0.328 e. The Bertz CT molecular complexity index is 352. The van der Waals surface area contributed by atoms with Crippen molar-refractivity contribution < 1.29 is 19.7 Å². The van der Waals surface area contributed by atoms with E-state index in [4.69, 9.17) is 9.84 Å². The zero-order valence-corrected chi connectivity index (χ0v) is 8.73. The van der Waals surface area contributed by atoms with E-state index in [1.54, 1.807) is 12.2 Å². The first-order valence-corrected chi connectivity index (χ1v) is 4.54. The number of carboxylic acids is 1. The normalized spacial score (nSPS) is 26.0. The molecule has 0 aromatic heterocycles. The van der Waals surface area contributed by atoms with Crippen molar-refractivity contribution in [2.75, 3.05) is 7.11 Å². The van der Waals surface area contributed by atoms with Crippen molar-refractivity contribution in [3.05, 3.63) is 35.8 Å². The van der Waals surface area contributed by atoms with E-state index in [-0.39, 0.29) is 5.76 Å². The van der Waals surface area contributed by atoms with E-state index in [2.05, 4.69) is 0 Å². The number of aliphatic carboxylic acids is 1. The number of methoxy groups -OCH3 is 1. The molecule has 0 amide bonds. The predicted octanol–water partition coefficient (Wildman–Crippen LogP) is 2.01. The fourth-order valence-corrected chi connectivity index (χ4v) is 1.41. The highest BCUT2D eigenvalue weighted by Gasteiger charge is 2.25. The summed E-state index contributed by atoms with van der Waals surface area (Å²) < 4.78 is 5.00. The fourth-order valence-electron chi connectivity index (χ4n) is 1.41. The molecule has 15 heavy (non-hydrogen) atoms. The van der Waals surface area contributed by atoms with Gasteiger partial charge in [0.15, 0.2) is 5.76 Å². The Labute approximate surface area is 88.2 Å². The third-order valence-electron chi connectivity index (χ3n) is 2.30. The van der Waals surface area contributed by atoms with Crippen LogP contribution in [0.2, 0.25) is 0 Å². The Hall–Kier alpha value is -1.71. The highest BCUT2D eigenvalue weighted by Crippen LogP contribution is 2.34. The molecule has 1 aliphatic rings. The molecule has 0 aliphatic heterocycles. The molecule has 0 aromatic rings. The van der Waals surface area contributed by atoms with Gasteiger partial charge in [-0.15, -0.1) is 0 Å². The van der Waals surface area contributed by atoms with Gasteiger partial charge in [0.1, 0.15) is 5.76 Å². The van der Waals surface area contributed by atoms with Gasteiger partial charge in [-0.1, -0.05) is 19.1 Å². The molecule has 1 unspecified atom stereocenters. The molecule has 2 N–H and O–H groups in total. The van der Waals surface area contributed by atoms with Gasteiger partial charge in [-0.2, -0.15) is 0 Å². The van der Waals surface area contributed by atoms with E-state index in [1.807, 2.05) is 6.92 Å². The summed E-state index contributed by atoms with van der Waals surface area (Å²) in [6, 6.07) is 0. The molecule has 82 valence electrons. The van der Waals surface area contributed by atoms with E-state index < -0.39 is 11.4 Å². The minimum absolute atomic E-state index is 0.0960. The van der Waals surface area contributed by atoms with Crippen LogP contribution in [0.4, 0.5) is 0 Å². The quantitative estimate of drug-likeness (QED) is 0.699. The minimum Gasteiger partial charge on any atom is -0.504 e. The lowest BCUT2D eigenvalue weighted by molar-refractivity contribution is -0.131. The number of carbonyl (C=O) groups is 1. The number of ether oxygens (including phenoxy) is 1. The van der Waals surface area contributed by atoms with Crippen LogP contribution in [0.25, 0.3) is 0 Å². The average Bonchev–Trinajstić information content (AvgIpc) is 2.19. The van der Waals surface area contributed by atoms with Crippen LogP contribution in [0.15, 0.2) is 35.8 Å². The summed E-state index contributed by atoms with van der Waals surface area (Å²) in [4.78, 5) is 10.4. The number of rotatable bonds is 3. The molecule has 4 nitrogen and oxygen atoms in total. The van der Waals surface area contributed by atoms with Crippen LogP contribution >= 0.6 is 0 Å². The van der Waals surface area contributed by atoms with Crippen LogP contribution < -0.4 is 0 Å². The molecule has 1 atom stereocenters. The first kappa shape index (κ1) is 11.4. The van der Waals surface area contributed by atoms with Crippen molar-refractivity contribution in [1.29, 1.82) is 0 Å². The zero-order chi connectivity index (χ0) is 11.5. The van der Waals surface area contributed by atoms with Crippen molar-refractivity contribution in [2.24, 2.45) is 5.41 Å². The number of carboxylic acid groups (broad SMARTS) is 1. The van der Waals surface area contributed by atoms with Gasteiger partial charge < -0.3 is 14.9 Å². The molecule has 0 radical (unpaired) electrons. The highest BCUT2D eigenvalue weighted by molar-refractivity contribution is 5.79. The van der Waals surface area contributed by atoms with Crippen molar-refractivity contribution in [1.82, 2.24) is 0 Å². The lowest BCUT2D eigenvalue weighted by Crippen LogP contribution is -2.16. The first-order valence-electron chi connectivity index (χ1n) is 4.54. The summed E-state index contributed by atoms with van der Waals surface area (Å²) >= 11 is 0. The van der Waals surface area contributed by atoms with Crippen LogP contribution in [0.3, 0.4) is 0 Å². The Morgan fingerprint density at radius 2 is 2.33 bits per heavy atom. The summed E-state index contributed by atoms with van der Waals surface area (Å²) in [5, 5.41) is 17.9. The van der Waals surface area contributed by atoms with E-state index in [1.165, 1.54) is 13.2 Å². The van der Waals surface area contributed by atoms with Gasteiger partial charge in [0.05, 0.1) is 7.11 Å². The topological polar surface area (TPSA) is 66.8 Å². The number of hydrogen-bond acceptors (Lipinski definition) is 3. The molecule has 0 spiro atoms. The molecule has 1 aliphatic carbocycles. The third kappa shape index (κ3) is 2.87. The van der Waals surface area contributed by atoms with Gasteiger partial charge in [-0.3, -0.25) is 0 Å². The fraction of sp³-hybridized carbons (Fsp3) is 0.364. The second kappa shape index (κ2) is 4.21. The molecule has 0 bridgehead atoms. The van der Waals surface area contributed by atoms with E-state index in [0.717, 1.165) is 6.08 Å². The van der Waals surface area contributed by atoms with Crippen LogP contribution in [0.5, 0.6) is 0 Å². The predicted molar refractivity (Wildman–Crippen MR) is 55.3 cm³/mol. The monoisotopic (exact) mass is 210 g/mol. The minimum atomic E-state index is -0.984. The molecule has 4 heteroatoms. The van der Waals surface area contributed by atoms with Gasteiger partial charge >= 0.3 is 5.97 Å². The maximum atomic E-state index is 10.4. The summed E-state index contributed by atoms with van der Waals surface area (Å²) in [6.07, 6.45) is 6.41. The third-order valence-corrected chi connectivity index (χ3v) is 2.30. The maximum absolute atomic E-state index is 10.4. The van der Waals surface area contributed by atoms with Crippen LogP contribution in [0, 0.1) is 5.41 Å². The summed E-state index contributed by atoms with van der Waals surface area (Å²) in [6.45, 7) is 1.87. The largest absolute Gasteiger partial charge is 0.504 e. The SMILES string of the molecule is COC1=C(O)C=CC(C)(/C=C/C(=O)O)C1. The van der Waals surface area contributed by atoms with Gasteiger partial charge in [0.2, 0.25) is 0 Å². The van der Waals surface area contributed by atoms with Gasteiger partial charge in [0, 0.05) is 17.9 Å². The van der Waals surface area contributed by atoms with Crippen molar-refractivity contribution in [3.63, 3.8) is 0 Å². The van der Waals surface area contributed by atoms with Gasteiger partial charge in [-0.05, 0) is 6.08 Å². The second-order valence-electron chi connectivity index (χ2n) is 3.70. The molecule has 0 heterocycles. The number of aliphatic hydroxyl groups excluding tert-OH is 1. The molecule has 0 aromatic carbocycles. The van der Waals surface area contributed by atoms with Crippen molar-refractivity contribution in [2.45, 2.75) is 13.3 Å². The van der Waals surface area contributed by atoms with Crippen LogP contribution in [-0.2, 0) is 9.53 Å². The summed E-state index contributed by atoms with van der Waals surface area (Å²) in [5.74, 6) is -0.420. The lowest BCUT2D eigenvalue weighted by Gasteiger charge is -2.26. The van der Waals surface area contributed by atoms with Crippen molar-refractivity contribution >= 4 is 5.97 Å². The molecule has 0 saturated carbocycles. The molecule has 0 fully saturated rings. The van der Waals surface area contributed by atoms with Crippen molar-refractivity contribution in [3.8, 4) is 0 Å². The number of aliphatic hydroxyl groups is 1. The van der Waals surface area contributed by atoms with Gasteiger partial charge in [-0.25, -0.2) is 4.79 Å².